The van der Waals surface area contributed by atoms with E-state index in [0.29, 0.717) is 0 Å². The molecule has 0 saturated heterocycles. The molecule has 0 aliphatic heterocycles. The summed E-state index contributed by atoms with van der Waals surface area (Å²) in [5.74, 6) is 0. The number of nitriles is 1. The van der Waals surface area contributed by atoms with E-state index in [-0.39, 0.29) is 17.6 Å². The molecule has 0 aliphatic rings. The SMILES string of the molecule is CC(C)OB(OC(C)C)C(C#N)[Si](C)(C)C. The summed E-state index contributed by atoms with van der Waals surface area (Å²) in [6.45, 7) is 14.4. The number of rotatable bonds is 6. The number of nitrogens with zero attached hydrogens (tertiary/aromatic N) is 1. The minimum absolute atomic E-state index is 0.0796. The van der Waals surface area contributed by atoms with Crippen LogP contribution in [0.3, 0.4) is 0 Å². The second-order valence-corrected chi connectivity index (χ2v) is 11.1. The van der Waals surface area contributed by atoms with Gasteiger partial charge in [0.15, 0.2) is 0 Å². The highest BCUT2D eigenvalue weighted by atomic mass is 28.3. The lowest BCUT2D eigenvalue weighted by Crippen LogP contribution is -2.44. The Bertz CT molecular complexity index is 235. The van der Waals surface area contributed by atoms with Crippen molar-refractivity contribution in [3.8, 4) is 6.07 Å². The minimum Gasteiger partial charge on any atom is -0.408 e. The van der Waals surface area contributed by atoms with Crippen molar-refractivity contribution in [1.82, 2.24) is 0 Å². The fraction of sp³-hybridized carbons (Fsp3) is 0.909. The van der Waals surface area contributed by atoms with Crippen LogP contribution in [0.25, 0.3) is 0 Å². The van der Waals surface area contributed by atoms with Crippen LogP contribution in [0.2, 0.25) is 25.1 Å². The second-order valence-electron chi connectivity index (χ2n) is 5.71. The van der Waals surface area contributed by atoms with Crippen LogP contribution in [0, 0.1) is 11.3 Å². The van der Waals surface area contributed by atoms with Crippen LogP contribution in [0.5, 0.6) is 0 Å². The van der Waals surface area contributed by atoms with E-state index in [0.717, 1.165) is 0 Å². The molecule has 16 heavy (non-hydrogen) atoms. The Morgan fingerprint density at radius 1 is 1.00 bits per heavy atom. The van der Waals surface area contributed by atoms with E-state index in [1.54, 1.807) is 0 Å². The highest BCUT2D eigenvalue weighted by Crippen LogP contribution is 2.26. The lowest BCUT2D eigenvalue weighted by atomic mass is 9.83. The zero-order valence-electron chi connectivity index (χ0n) is 11.6. The van der Waals surface area contributed by atoms with Gasteiger partial charge in [0.1, 0.15) is 0 Å². The molecule has 1 atom stereocenters. The third-order valence-corrected chi connectivity index (χ3v) is 4.42. The summed E-state index contributed by atoms with van der Waals surface area (Å²) in [4.78, 5) is 0. The number of hydrogen-bond donors (Lipinski definition) is 0. The molecular formula is C11H24BNO2Si. The van der Waals surface area contributed by atoms with Gasteiger partial charge in [-0.05, 0) is 27.7 Å². The first-order chi connectivity index (χ1) is 7.18. The average Bonchev–Trinajstić information content (AvgIpc) is 1.99. The van der Waals surface area contributed by atoms with E-state index in [4.69, 9.17) is 9.31 Å². The molecule has 92 valence electrons. The van der Waals surface area contributed by atoms with E-state index in [2.05, 4.69) is 25.7 Å². The predicted molar refractivity (Wildman–Crippen MR) is 70.9 cm³/mol. The first-order valence-electron chi connectivity index (χ1n) is 5.89. The van der Waals surface area contributed by atoms with Crippen molar-refractivity contribution in [2.75, 3.05) is 0 Å². The zero-order valence-corrected chi connectivity index (χ0v) is 12.6. The minimum atomic E-state index is -1.59. The van der Waals surface area contributed by atoms with E-state index in [1.165, 1.54) is 0 Å². The van der Waals surface area contributed by atoms with Crippen molar-refractivity contribution in [2.45, 2.75) is 65.0 Å². The van der Waals surface area contributed by atoms with Crippen molar-refractivity contribution < 1.29 is 9.31 Å². The molecular weight excluding hydrogens is 217 g/mol. The molecule has 5 heteroatoms. The van der Waals surface area contributed by atoms with E-state index in [1.807, 2.05) is 27.7 Å². The standard InChI is InChI=1S/C11H24BNO2Si/c1-9(2)14-12(15-10(3)4)11(8-13)16(5,6)7/h9-11H,1-7H3. The smallest absolute Gasteiger partial charge is 0.408 e. The maximum atomic E-state index is 9.28. The van der Waals surface area contributed by atoms with Crippen LogP contribution in [-0.2, 0) is 9.31 Å². The van der Waals surface area contributed by atoms with Crippen LogP contribution in [0.4, 0.5) is 0 Å². The third-order valence-electron chi connectivity index (χ3n) is 2.16. The lowest BCUT2D eigenvalue weighted by molar-refractivity contribution is 0.130. The second kappa shape index (κ2) is 6.43. The fourth-order valence-electron chi connectivity index (χ4n) is 1.39. The Balaban J connectivity index is 4.78. The summed E-state index contributed by atoms with van der Waals surface area (Å²) in [5.41, 5.74) is -0.128. The Kier molecular flexibility index (Phi) is 6.31. The zero-order chi connectivity index (χ0) is 12.9. The van der Waals surface area contributed by atoms with Crippen molar-refractivity contribution >= 4 is 15.2 Å². The molecule has 0 spiro atoms. The molecule has 3 nitrogen and oxygen atoms in total. The van der Waals surface area contributed by atoms with E-state index >= 15 is 0 Å². The van der Waals surface area contributed by atoms with E-state index in [9.17, 15) is 5.26 Å². The van der Waals surface area contributed by atoms with Gasteiger partial charge in [-0.3, -0.25) is 0 Å². The Morgan fingerprint density at radius 2 is 1.38 bits per heavy atom. The Morgan fingerprint density at radius 3 is 1.56 bits per heavy atom. The average molecular weight is 241 g/mol. The van der Waals surface area contributed by atoms with Crippen molar-refractivity contribution in [3.05, 3.63) is 0 Å². The Hall–Kier alpha value is -0.308. The van der Waals surface area contributed by atoms with Gasteiger partial charge in [-0.15, -0.1) is 0 Å². The summed E-state index contributed by atoms with van der Waals surface area (Å²) in [7, 11) is -1.99. The van der Waals surface area contributed by atoms with Gasteiger partial charge in [0, 0.05) is 12.2 Å². The summed E-state index contributed by atoms with van der Waals surface area (Å²) >= 11 is 0. The van der Waals surface area contributed by atoms with Crippen LogP contribution >= 0.6 is 0 Å². The van der Waals surface area contributed by atoms with Gasteiger partial charge in [0.05, 0.1) is 19.6 Å². The first-order valence-corrected chi connectivity index (χ1v) is 9.46. The summed E-state index contributed by atoms with van der Waals surface area (Å²) < 4.78 is 11.5. The van der Waals surface area contributed by atoms with Crippen LogP contribution in [0.15, 0.2) is 0 Å². The van der Waals surface area contributed by atoms with Gasteiger partial charge in [0.2, 0.25) is 0 Å². The molecule has 0 heterocycles. The molecule has 0 fully saturated rings. The molecule has 0 aromatic heterocycles. The maximum absolute atomic E-state index is 9.28. The normalized spacial score (nSPS) is 14.0. The molecule has 0 rings (SSSR count). The molecule has 0 N–H and O–H groups in total. The van der Waals surface area contributed by atoms with E-state index < -0.39 is 15.2 Å². The molecule has 0 aromatic carbocycles. The molecule has 0 saturated carbocycles. The van der Waals surface area contributed by atoms with Gasteiger partial charge < -0.3 is 9.31 Å². The maximum Gasteiger partial charge on any atom is 0.472 e. The van der Waals surface area contributed by atoms with Crippen molar-refractivity contribution in [2.24, 2.45) is 0 Å². The predicted octanol–water partition coefficient (Wildman–Crippen LogP) is 3.10. The van der Waals surface area contributed by atoms with Gasteiger partial charge in [-0.25, -0.2) is 0 Å². The summed E-state index contributed by atoms with van der Waals surface area (Å²) in [5, 5.41) is 9.28. The highest BCUT2D eigenvalue weighted by Gasteiger charge is 2.41. The van der Waals surface area contributed by atoms with Crippen LogP contribution < -0.4 is 0 Å². The molecule has 0 aromatic rings. The van der Waals surface area contributed by atoms with Crippen molar-refractivity contribution in [3.63, 3.8) is 0 Å². The van der Waals surface area contributed by atoms with Gasteiger partial charge in [-0.1, -0.05) is 19.6 Å². The first kappa shape index (κ1) is 15.7. The molecule has 0 radical (unpaired) electrons. The third kappa shape index (κ3) is 5.69. The summed E-state index contributed by atoms with van der Waals surface area (Å²) in [6, 6.07) is 2.36. The Labute approximate surface area is 101 Å². The monoisotopic (exact) mass is 241 g/mol. The fourth-order valence-corrected chi connectivity index (χ4v) is 2.75. The number of hydrogen-bond acceptors (Lipinski definition) is 3. The largest absolute Gasteiger partial charge is 0.472 e. The van der Waals surface area contributed by atoms with Crippen LogP contribution in [0.1, 0.15) is 27.7 Å². The van der Waals surface area contributed by atoms with Crippen molar-refractivity contribution in [1.29, 1.82) is 5.26 Å². The summed E-state index contributed by atoms with van der Waals surface area (Å²) in [6.07, 6.45) is 0.159. The van der Waals surface area contributed by atoms with Gasteiger partial charge in [0.25, 0.3) is 0 Å². The topological polar surface area (TPSA) is 42.2 Å². The molecule has 0 amide bonds. The van der Waals surface area contributed by atoms with Crippen LogP contribution in [-0.4, -0.2) is 27.4 Å². The highest BCUT2D eigenvalue weighted by molar-refractivity contribution is 6.87. The molecule has 0 aliphatic carbocycles. The van der Waals surface area contributed by atoms with Gasteiger partial charge in [-0.2, -0.15) is 5.26 Å². The quantitative estimate of drug-likeness (QED) is 0.671. The molecule has 0 bridgehead atoms. The van der Waals surface area contributed by atoms with Gasteiger partial charge >= 0.3 is 7.12 Å². The molecule has 1 unspecified atom stereocenters. The lowest BCUT2D eigenvalue weighted by Gasteiger charge is -2.29.